The van der Waals surface area contributed by atoms with Crippen molar-refractivity contribution in [3.8, 4) is 11.5 Å². The summed E-state index contributed by atoms with van der Waals surface area (Å²) < 4.78 is 1.76. The van der Waals surface area contributed by atoms with Gasteiger partial charge in [0.05, 0.1) is 16.6 Å². The molecule has 136 valence electrons. The number of benzene rings is 1. The van der Waals surface area contributed by atoms with Gasteiger partial charge in [-0.25, -0.2) is 9.31 Å². The lowest BCUT2D eigenvalue weighted by molar-refractivity contribution is 0.199. The highest BCUT2D eigenvalue weighted by Gasteiger charge is 2.27. The molecule has 1 unspecified atom stereocenters. The average molecular weight is 379 g/mol. The second-order valence-corrected chi connectivity index (χ2v) is 7.07. The van der Waals surface area contributed by atoms with Crippen LogP contribution in [0.3, 0.4) is 0 Å². The standard InChI is InChI=1S/C19H17N5O2S/c1-12(23(19(25)26)14-8-4-3-5-9-14)16-13(2)24-18(27-16)21-17(22-24)15-10-6-7-11-20-15/h3-12H,1-2H3,(H,25,26). The zero-order chi connectivity index (χ0) is 19.0. The van der Waals surface area contributed by atoms with E-state index in [0.717, 1.165) is 10.6 Å². The fraction of sp³-hybridized carbons (Fsp3) is 0.158. The van der Waals surface area contributed by atoms with Gasteiger partial charge in [-0.2, -0.15) is 4.98 Å². The van der Waals surface area contributed by atoms with Crippen molar-refractivity contribution in [3.63, 3.8) is 0 Å². The fourth-order valence-electron chi connectivity index (χ4n) is 3.06. The van der Waals surface area contributed by atoms with Crippen LogP contribution in [0.15, 0.2) is 54.7 Å². The Morgan fingerprint density at radius 1 is 1.19 bits per heavy atom. The highest BCUT2D eigenvalue weighted by atomic mass is 32.1. The minimum atomic E-state index is -0.999. The zero-order valence-corrected chi connectivity index (χ0v) is 15.6. The number of hydrogen-bond donors (Lipinski definition) is 1. The Balaban J connectivity index is 1.74. The van der Waals surface area contributed by atoms with E-state index in [1.165, 1.54) is 16.2 Å². The number of hydrogen-bond acceptors (Lipinski definition) is 5. The lowest BCUT2D eigenvalue weighted by Gasteiger charge is -2.26. The molecule has 0 fully saturated rings. The van der Waals surface area contributed by atoms with Crippen LogP contribution < -0.4 is 4.90 Å². The Bertz CT molecular complexity index is 1090. The van der Waals surface area contributed by atoms with Crippen molar-refractivity contribution in [1.29, 1.82) is 0 Å². The summed E-state index contributed by atoms with van der Waals surface area (Å²) in [7, 11) is 0. The van der Waals surface area contributed by atoms with Crippen molar-refractivity contribution in [2.45, 2.75) is 19.9 Å². The first-order valence-corrected chi connectivity index (χ1v) is 9.22. The molecule has 3 aromatic heterocycles. The van der Waals surface area contributed by atoms with Crippen LogP contribution in [0.2, 0.25) is 0 Å². The van der Waals surface area contributed by atoms with Crippen LogP contribution in [0.25, 0.3) is 16.5 Å². The molecule has 8 heteroatoms. The molecule has 0 radical (unpaired) electrons. The maximum Gasteiger partial charge on any atom is 0.412 e. The van der Waals surface area contributed by atoms with Crippen LogP contribution in [-0.2, 0) is 0 Å². The Kier molecular flexibility index (Phi) is 4.33. The Morgan fingerprint density at radius 2 is 1.93 bits per heavy atom. The first kappa shape index (κ1) is 17.2. The van der Waals surface area contributed by atoms with Gasteiger partial charge in [-0.05, 0) is 38.1 Å². The topological polar surface area (TPSA) is 83.6 Å². The van der Waals surface area contributed by atoms with Gasteiger partial charge in [-0.3, -0.25) is 9.88 Å². The number of fused-ring (bicyclic) bond motifs is 1. The first-order valence-electron chi connectivity index (χ1n) is 8.41. The second-order valence-electron chi connectivity index (χ2n) is 6.06. The first-order chi connectivity index (χ1) is 13.1. The van der Waals surface area contributed by atoms with E-state index in [9.17, 15) is 9.90 Å². The van der Waals surface area contributed by atoms with Gasteiger partial charge >= 0.3 is 6.09 Å². The average Bonchev–Trinajstić information content (AvgIpc) is 3.23. The molecule has 1 atom stereocenters. The molecule has 0 spiro atoms. The van der Waals surface area contributed by atoms with E-state index >= 15 is 0 Å². The van der Waals surface area contributed by atoms with E-state index in [1.54, 1.807) is 22.8 Å². The second kappa shape index (κ2) is 6.81. The summed E-state index contributed by atoms with van der Waals surface area (Å²) in [5.41, 5.74) is 2.21. The number of para-hydroxylation sites is 1. The van der Waals surface area contributed by atoms with Crippen molar-refractivity contribution < 1.29 is 9.90 Å². The van der Waals surface area contributed by atoms with E-state index in [4.69, 9.17) is 0 Å². The number of rotatable bonds is 4. The van der Waals surface area contributed by atoms with E-state index in [1.807, 2.05) is 50.2 Å². The number of carboxylic acid groups (broad SMARTS) is 1. The van der Waals surface area contributed by atoms with Gasteiger partial charge in [-0.1, -0.05) is 35.6 Å². The zero-order valence-electron chi connectivity index (χ0n) is 14.8. The monoisotopic (exact) mass is 379 g/mol. The Morgan fingerprint density at radius 3 is 2.56 bits per heavy atom. The van der Waals surface area contributed by atoms with Crippen LogP contribution in [0, 0.1) is 6.92 Å². The maximum absolute atomic E-state index is 11.9. The summed E-state index contributed by atoms with van der Waals surface area (Å²) in [4.78, 5) is 23.7. The van der Waals surface area contributed by atoms with Crippen molar-refractivity contribution in [1.82, 2.24) is 19.6 Å². The number of aryl methyl sites for hydroxylation is 1. The summed E-state index contributed by atoms with van der Waals surface area (Å²) >= 11 is 1.44. The third-order valence-corrected chi connectivity index (χ3v) is 5.66. The van der Waals surface area contributed by atoms with E-state index < -0.39 is 6.09 Å². The van der Waals surface area contributed by atoms with Crippen LogP contribution in [-0.4, -0.2) is 30.8 Å². The minimum absolute atomic E-state index is 0.364. The van der Waals surface area contributed by atoms with Crippen LogP contribution >= 0.6 is 11.3 Å². The summed E-state index contributed by atoms with van der Waals surface area (Å²) in [5, 5.41) is 14.3. The van der Waals surface area contributed by atoms with E-state index in [-0.39, 0.29) is 6.04 Å². The Labute approximate surface area is 159 Å². The number of anilines is 1. The molecule has 0 aliphatic rings. The van der Waals surface area contributed by atoms with E-state index in [0.29, 0.717) is 22.2 Å². The van der Waals surface area contributed by atoms with Crippen molar-refractivity contribution in [3.05, 3.63) is 65.3 Å². The number of thiazole rings is 1. The largest absolute Gasteiger partial charge is 0.465 e. The molecule has 0 bridgehead atoms. The van der Waals surface area contributed by atoms with Crippen molar-refractivity contribution in [2.24, 2.45) is 0 Å². The number of aromatic nitrogens is 4. The number of carbonyl (C=O) groups is 1. The van der Waals surface area contributed by atoms with Crippen molar-refractivity contribution in [2.75, 3.05) is 4.90 Å². The van der Waals surface area contributed by atoms with Gasteiger partial charge in [0.1, 0.15) is 5.69 Å². The summed E-state index contributed by atoms with van der Waals surface area (Å²) in [5.74, 6) is 0.558. The highest BCUT2D eigenvalue weighted by molar-refractivity contribution is 7.17. The smallest absolute Gasteiger partial charge is 0.412 e. The highest BCUT2D eigenvalue weighted by Crippen LogP contribution is 2.34. The van der Waals surface area contributed by atoms with Gasteiger partial charge < -0.3 is 5.11 Å². The molecule has 0 saturated carbocycles. The molecular weight excluding hydrogens is 362 g/mol. The van der Waals surface area contributed by atoms with Gasteiger partial charge in [-0.15, -0.1) is 5.10 Å². The lowest BCUT2D eigenvalue weighted by atomic mass is 10.2. The van der Waals surface area contributed by atoms with E-state index in [2.05, 4.69) is 15.1 Å². The predicted octanol–water partition coefficient (Wildman–Crippen LogP) is 4.41. The van der Waals surface area contributed by atoms with Gasteiger partial charge in [0.15, 0.2) is 0 Å². The Hall–Kier alpha value is -3.26. The molecule has 1 amide bonds. The summed E-state index contributed by atoms with van der Waals surface area (Å²) in [6.07, 6.45) is 0.705. The van der Waals surface area contributed by atoms with Gasteiger partial charge in [0.2, 0.25) is 10.8 Å². The molecule has 0 aliphatic carbocycles. The van der Waals surface area contributed by atoms with Crippen LogP contribution in [0.4, 0.5) is 10.5 Å². The molecule has 0 aliphatic heterocycles. The van der Waals surface area contributed by atoms with Crippen LogP contribution in [0.1, 0.15) is 23.5 Å². The predicted molar refractivity (Wildman–Crippen MR) is 104 cm³/mol. The molecule has 27 heavy (non-hydrogen) atoms. The molecule has 7 nitrogen and oxygen atoms in total. The summed E-state index contributed by atoms with van der Waals surface area (Å²) in [6.45, 7) is 3.80. The number of pyridine rings is 1. The maximum atomic E-state index is 11.9. The molecular formula is C19H17N5O2S. The fourth-order valence-corrected chi connectivity index (χ4v) is 4.16. The molecule has 4 aromatic rings. The molecule has 1 aromatic carbocycles. The SMILES string of the molecule is Cc1c(C(C)N(C(=O)O)c2ccccc2)sc2nc(-c3ccccn3)nn12. The number of nitrogens with zero attached hydrogens (tertiary/aromatic N) is 5. The summed E-state index contributed by atoms with van der Waals surface area (Å²) in [6, 6.07) is 14.3. The molecule has 0 saturated heterocycles. The van der Waals surface area contributed by atoms with Gasteiger partial charge in [0, 0.05) is 11.9 Å². The minimum Gasteiger partial charge on any atom is -0.465 e. The molecule has 1 N–H and O–H groups in total. The third kappa shape index (κ3) is 3.04. The molecule has 3 heterocycles. The normalized spacial score (nSPS) is 12.2. The quantitative estimate of drug-likeness (QED) is 0.568. The van der Waals surface area contributed by atoms with Gasteiger partial charge in [0.25, 0.3) is 0 Å². The number of amides is 1. The van der Waals surface area contributed by atoms with Crippen molar-refractivity contribution >= 4 is 28.1 Å². The third-order valence-electron chi connectivity index (χ3n) is 4.35. The van der Waals surface area contributed by atoms with Crippen LogP contribution in [0.5, 0.6) is 0 Å². The molecule has 4 rings (SSSR count). The lowest BCUT2D eigenvalue weighted by Crippen LogP contribution is -2.32.